The van der Waals surface area contributed by atoms with Gasteiger partial charge >= 0.3 is 11.9 Å². The van der Waals surface area contributed by atoms with Gasteiger partial charge in [-0.2, -0.15) is 0 Å². The zero-order valence-electron chi connectivity index (χ0n) is 11.0. The van der Waals surface area contributed by atoms with E-state index in [1.807, 2.05) is 30.3 Å². The molecule has 0 spiro atoms. The zero-order valence-corrected chi connectivity index (χ0v) is 11.0. The van der Waals surface area contributed by atoms with Gasteiger partial charge in [-0.25, -0.2) is 0 Å². The second-order valence-electron chi connectivity index (χ2n) is 4.25. The highest BCUT2D eigenvalue weighted by atomic mass is 16.6. The van der Waals surface area contributed by atoms with Gasteiger partial charge in [0.2, 0.25) is 6.29 Å². The summed E-state index contributed by atoms with van der Waals surface area (Å²) in [4.78, 5) is 21.7. The van der Waals surface area contributed by atoms with Crippen LogP contribution in [-0.2, 0) is 25.5 Å². The van der Waals surface area contributed by atoms with Crippen molar-refractivity contribution in [2.45, 2.75) is 26.6 Å². The highest BCUT2D eigenvalue weighted by Crippen LogP contribution is 2.15. The molecule has 1 N–H and O–H groups in total. The van der Waals surface area contributed by atoms with Gasteiger partial charge in [0.1, 0.15) is 6.61 Å². The van der Waals surface area contributed by atoms with Gasteiger partial charge < -0.3 is 14.6 Å². The molecular formula is C14H18O5. The molecule has 2 atom stereocenters. The first-order chi connectivity index (χ1) is 8.99. The molecule has 0 saturated heterocycles. The summed E-state index contributed by atoms with van der Waals surface area (Å²) in [5.41, 5.74) is 0.964. The lowest BCUT2D eigenvalue weighted by Gasteiger charge is -2.22. The monoisotopic (exact) mass is 266 g/mol. The van der Waals surface area contributed by atoms with Gasteiger partial charge in [-0.15, -0.1) is 0 Å². The minimum absolute atomic E-state index is 0.00132. The van der Waals surface area contributed by atoms with Gasteiger partial charge in [0.15, 0.2) is 0 Å². The molecule has 0 heterocycles. The van der Waals surface area contributed by atoms with Crippen molar-refractivity contribution in [1.82, 2.24) is 0 Å². The van der Waals surface area contributed by atoms with E-state index in [1.165, 1.54) is 13.8 Å². The fourth-order valence-corrected chi connectivity index (χ4v) is 1.65. The minimum atomic E-state index is -1.29. The van der Waals surface area contributed by atoms with E-state index in [9.17, 15) is 14.7 Å². The maximum atomic E-state index is 10.9. The molecule has 0 aliphatic carbocycles. The van der Waals surface area contributed by atoms with E-state index in [0.29, 0.717) is 6.42 Å². The summed E-state index contributed by atoms with van der Waals surface area (Å²) >= 11 is 0. The Labute approximate surface area is 112 Å². The molecule has 0 saturated carbocycles. The minimum Gasteiger partial charge on any atom is -0.465 e. The quantitative estimate of drug-likeness (QED) is 0.620. The lowest BCUT2D eigenvalue weighted by Crippen LogP contribution is -2.31. The Bertz CT molecular complexity index is 415. The largest absolute Gasteiger partial charge is 0.465 e. The third-order valence-electron chi connectivity index (χ3n) is 2.53. The van der Waals surface area contributed by atoms with Crippen molar-refractivity contribution in [1.29, 1.82) is 0 Å². The topological polar surface area (TPSA) is 72.8 Å². The lowest BCUT2D eigenvalue weighted by molar-refractivity contribution is -0.179. The molecule has 0 bridgehead atoms. The van der Waals surface area contributed by atoms with Crippen molar-refractivity contribution in [2.24, 2.45) is 5.92 Å². The molecule has 1 rings (SSSR count). The Morgan fingerprint density at radius 1 is 1.16 bits per heavy atom. The van der Waals surface area contributed by atoms with Gasteiger partial charge in [0, 0.05) is 13.8 Å². The van der Waals surface area contributed by atoms with Gasteiger partial charge in [-0.05, 0) is 12.0 Å². The van der Waals surface area contributed by atoms with Crippen LogP contribution in [0.2, 0.25) is 0 Å². The summed E-state index contributed by atoms with van der Waals surface area (Å²) in [5.74, 6) is -1.50. The first-order valence-corrected chi connectivity index (χ1v) is 6.01. The number of esters is 2. The van der Waals surface area contributed by atoms with Crippen LogP contribution in [0.4, 0.5) is 0 Å². The highest BCUT2D eigenvalue weighted by Gasteiger charge is 2.23. The Morgan fingerprint density at radius 3 is 2.32 bits per heavy atom. The van der Waals surface area contributed by atoms with Crippen LogP contribution in [0.25, 0.3) is 0 Å². The van der Waals surface area contributed by atoms with Crippen LogP contribution in [0.1, 0.15) is 19.4 Å². The van der Waals surface area contributed by atoms with Gasteiger partial charge in [0.25, 0.3) is 0 Å². The van der Waals surface area contributed by atoms with Crippen LogP contribution in [0, 0.1) is 5.92 Å². The molecule has 5 nitrogen and oxygen atoms in total. The van der Waals surface area contributed by atoms with Gasteiger partial charge in [-0.3, -0.25) is 9.59 Å². The van der Waals surface area contributed by atoms with Crippen LogP contribution in [0.15, 0.2) is 30.3 Å². The molecule has 0 aliphatic heterocycles. The Morgan fingerprint density at radius 2 is 1.79 bits per heavy atom. The Hall–Kier alpha value is -1.88. The molecule has 1 aromatic carbocycles. The lowest BCUT2D eigenvalue weighted by atomic mass is 9.99. The number of benzene rings is 1. The summed E-state index contributed by atoms with van der Waals surface area (Å²) in [5, 5.41) is 9.82. The van der Waals surface area contributed by atoms with Gasteiger partial charge in [0.05, 0.1) is 5.92 Å². The molecule has 0 aliphatic rings. The third-order valence-corrected chi connectivity index (χ3v) is 2.53. The fourth-order valence-electron chi connectivity index (χ4n) is 1.65. The van der Waals surface area contributed by atoms with Crippen LogP contribution >= 0.6 is 0 Å². The van der Waals surface area contributed by atoms with Crippen molar-refractivity contribution < 1.29 is 24.2 Å². The van der Waals surface area contributed by atoms with Crippen molar-refractivity contribution in [3.8, 4) is 0 Å². The molecule has 0 aromatic heterocycles. The maximum Gasteiger partial charge on any atom is 0.304 e. The SMILES string of the molecule is CC(=O)OC[C@@H](Cc1ccccc1)C(O)OC(C)=O. The number of rotatable bonds is 6. The second-order valence-corrected chi connectivity index (χ2v) is 4.25. The fraction of sp³-hybridized carbons (Fsp3) is 0.429. The molecule has 1 aromatic rings. The first-order valence-electron chi connectivity index (χ1n) is 6.01. The van der Waals surface area contributed by atoms with Crippen molar-refractivity contribution >= 4 is 11.9 Å². The smallest absolute Gasteiger partial charge is 0.304 e. The van der Waals surface area contributed by atoms with E-state index < -0.39 is 24.1 Å². The van der Waals surface area contributed by atoms with Crippen LogP contribution in [-0.4, -0.2) is 29.9 Å². The van der Waals surface area contributed by atoms with E-state index in [4.69, 9.17) is 9.47 Å². The summed E-state index contributed by atoms with van der Waals surface area (Å²) < 4.78 is 9.63. The van der Waals surface area contributed by atoms with Crippen LogP contribution < -0.4 is 0 Å². The van der Waals surface area contributed by atoms with E-state index in [1.54, 1.807) is 0 Å². The van der Waals surface area contributed by atoms with Crippen molar-refractivity contribution in [3.05, 3.63) is 35.9 Å². The zero-order chi connectivity index (χ0) is 14.3. The normalized spacial score (nSPS) is 13.4. The maximum absolute atomic E-state index is 10.9. The summed E-state index contributed by atoms with van der Waals surface area (Å²) in [6.45, 7) is 2.51. The number of aliphatic hydroxyl groups excluding tert-OH is 1. The van der Waals surface area contributed by atoms with E-state index in [0.717, 1.165) is 5.56 Å². The van der Waals surface area contributed by atoms with E-state index in [-0.39, 0.29) is 6.61 Å². The van der Waals surface area contributed by atoms with Crippen molar-refractivity contribution in [3.63, 3.8) is 0 Å². The average Bonchev–Trinajstić information content (AvgIpc) is 2.34. The highest BCUT2D eigenvalue weighted by molar-refractivity contribution is 5.66. The number of aliphatic hydroxyl groups is 1. The first kappa shape index (κ1) is 15.2. The molecule has 1 unspecified atom stereocenters. The predicted molar refractivity (Wildman–Crippen MR) is 68.0 cm³/mol. The average molecular weight is 266 g/mol. The predicted octanol–water partition coefficient (Wildman–Crippen LogP) is 1.29. The van der Waals surface area contributed by atoms with Crippen LogP contribution in [0.5, 0.6) is 0 Å². The molecule has 19 heavy (non-hydrogen) atoms. The molecule has 0 amide bonds. The molecule has 0 fully saturated rings. The third kappa shape index (κ3) is 6.01. The molecule has 0 radical (unpaired) electrons. The number of carbonyl (C=O) groups is 2. The Kier molecular flexibility index (Phi) is 6.02. The Balaban J connectivity index is 2.68. The molecule has 5 heteroatoms. The number of ether oxygens (including phenoxy) is 2. The van der Waals surface area contributed by atoms with Gasteiger partial charge in [-0.1, -0.05) is 30.3 Å². The molecule has 104 valence electrons. The second kappa shape index (κ2) is 7.53. The van der Waals surface area contributed by atoms with Crippen molar-refractivity contribution in [2.75, 3.05) is 6.61 Å². The number of hydrogen-bond donors (Lipinski definition) is 1. The number of carbonyl (C=O) groups excluding carboxylic acids is 2. The van der Waals surface area contributed by atoms with E-state index in [2.05, 4.69) is 0 Å². The summed E-state index contributed by atoms with van der Waals surface area (Å²) in [6.07, 6.45) is -0.847. The van der Waals surface area contributed by atoms with E-state index >= 15 is 0 Å². The molecular weight excluding hydrogens is 248 g/mol. The summed E-state index contributed by atoms with van der Waals surface area (Å²) in [7, 11) is 0. The number of hydrogen-bond acceptors (Lipinski definition) is 5. The standard InChI is InChI=1S/C14H18O5/c1-10(15)18-9-13(14(17)19-11(2)16)8-12-6-4-3-5-7-12/h3-7,13-14,17H,8-9H2,1-2H3/t13-,14?/m1/s1. The van der Waals surface area contributed by atoms with Crippen LogP contribution in [0.3, 0.4) is 0 Å². The summed E-state index contributed by atoms with van der Waals surface area (Å²) in [6, 6.07) is 9.41.